The van der Waals surface area contributed by atoms with Gasteiger partial charge in [-0.2, -0.15) is 4.98 Å². The SMILES string of the molecule is CCS(=O)(=O)C[C@H]1CN(c2cccc3cc(Nc4ccnc(N5C[C@H](F)[C@H](O)C(C)(C)C5)n4)ncc23)[C@@H]1C. The minimum atomic E-state index is -3.01. The van der Waals surface area contributed by atoms with Crippen LogP contribution in [0, 0.1) is 11.3 Å². The highest BCUT2D eigenvalue weighted by Gasteiger charge is 2.42. The minimum Gasteiger partial charge on any atom is -0.389 e. The van der Waals surface area contributed by atoms with Crippen LogP contribution >= 0.6 is 0 Å². The van der Waals surface area contributed by atoms with Gasteiger partial charge in [-0.15, -0.1) is 0 Å². The predicted octanol–water partition coefficient (Wildman–Crippen LogP) is 3.57. The van der Waals surface area contributed by atoms with Crippen molar-refractivity contribution >= 4 is 43.9 Å². The van der Waals surface area contributed by atoms with Crippen molar-refractivity contribution in [1.82, 2.24) is 15.0 Å². The Morgan fingerprint density at radius 2 is 1.97 bits per heavy atom. The van der Waals surface area contributed by atoms with Gasteiger partial charge < -0.3 is 20.2 Å². The van der Waals surface area contributed by atoms with E-state index in [1.165, 1.54) is 0 Å². The van der Waals surface area contributed by atoms with Crippen molar-refractivity contribution < 1.29 is 17.9 Å². The lowest BCUT2D eigenvalue weighted by Crippen LogP contribution is -2.57. The number of halogens is 1. The average Bonchev–Trinajstić information content (AvgIpc) is 2.88. The fourth-order valence-electron chi connectivity index (χ4n) is 5.42. The van der Waals surface area contributed by atoms with Crippen molar-refractivity contribution in [2.75, 3.05) is 46.3 Å². The average molecular weight is 543 g/mol. The van der Waals surface area contributed by atoms with Gasteiger partial charge in [-0.3, -0.25) is 0 Å². The highest BCUT2D eigenvalue weighted by Crippen LogP contribution is 2.37. The van der Waals surface area contributed by atoms with E-state index in [-0.39, 0.29) is 30.0 Å². The van der Waals surface area contributed by atoms with Crippen LogP contribution in [0.3, 0.4) is 0 Å². The summed E-state index contributed by atoms with van der Waals surface area (Å²) in [5.41, 5.74) is 0.416. The van der Waals surface area contributed by atoms with Gasteiger partial charge in [0.25, 0.3) is 0 Å². The number of anilines is 4. The van der Waals surface area contributed by atoms with Crippen LogP contribution in [0.5, 0.6) is 0 Å². The molecule has 0 saturated carbocycles. The van der Waals surface area contributed by atoms with Gasteiger partial charge in [-0.25, -0.2) is 22.8 Å². The number of benzene rings is 1. The van der Waals surface area contributed by atoms with E-state index < -0.39 is 27.5 Å². The molecule has 0 bridgehead atoms. The van der Waals surface area contributed by atoms with E-state index >= 15 is 0 Å². The van der Waals surface area contributed by atoms with Gasteiger partial charge in [0.1, 0.15) is 27.6 Å². The Labute approximate surface area is 223 Å². The third-order valence-corrected chi connectivity index (χ3v) is 9.70. The molecule has 9 nitrogen and oxygen atoms in total. The minimum absolute atomic E-state index is 0.0329. The molecule has 0 amide bonds. The van der Waals surface area contributed by atoms with Crippen LogP contribution in [0.15, 0.2) is 42.7 Å². The zero-order valence-corrected chi connectivity index (χ0v) is 23.0. The Kier molecular flexibility index (Phi) is 6.93. The molecule has 2 fully saturated rings. The Morgan fingerprint density at radius 3 is 2.68 bits per heavy atom. The molecule has 11 heteroatoms. The van der Waals surface area contributed by atoms with Crippen molar-refractivity contribution in [1.29, 1.82) is 0 Å². The van der Waals surface area contributed by atoms with Crippen LogP contribution in [0.1, 0.15) is 27.7 Å². The van der Waals surface area contributed by atoms with Crippen molar-refractivity contribution in [3.05, 3.63) is 42.7 Å². The molecule has 204 valence electrons. The second-order valence-corrected chi connectivity index (χ2v) is 13.5. The summed E-state index contributed by atoms with van der Waals surface area (Å²) in [6.07, 6.45) is 1.03. The number of piperidine rings is 1. The Hall–Kier alpha value is -3.05. The lowest BCUT2D eigenvalue weighted by Gasteiger charge is -2.48. The summed E-state index contributed by atoms with van der Waals surface area (Å²) in [7, 11) is -3.01. The summed E-state index contributed by atoms with van der Waals surface area (Å²) in [6.45, 7) is 8.61. The number of hydrogen-bond donors (Lipinski definition) is 2. The maximum absolute atomic E-state index is 14.5. The van der Waals surface area contributed by atoms with Crippen LogP contribution in [-0.4, -0.2) is 77.9 Å². The van der Waals surface area contributed by atoms with E-state index in [0.717, 1.165) is 16.5 Å². The summed E-state index contributed by atoms with van der Waals surface area (Å²) in [5, 5.41) is 15.4. The van der Waals surface area contributed by atoms with Crippen LogP contribution in [-0.2, 0) is 9.84 Å². The van der Waals surface area contributed by atoms with E-state index in [1.54, 1.807) is 24.1 Å². The predicted molar refractivity (Wildman–Crippen MR) is 149 cm³/mol. The topological polar surface area (TPSA) is 112 Å². The van der Waals surface area contributed by atoms with Gasteiger partial charge in [0, 0.05) is 59.7 Å². The zero-order chi connectivity index (χ0) is 27.2. The Morgan fingerprint density at radius 1 is 1.18 bits per heavy atom. The first-order chi connectivity index (χ1) is 18.0. The second kappa shape index (κ2) is 9.92. The number of sulfone groups is 1. The molecule has 1 aromatic carbocycles. The molecule has 0 aliphatic carbocycles. The van der Waals surface area contributed by atoms with Gasteiger partial charge in [-0.1, -0.05) is 32.9 Å². The van der Waals surface area contributed by atoms with E-state index in [9.17, 15) is 17.9 Å². The largest absolute Gasteiger partial charge is 0.389 e. The molecule has 38 heavy (non-hydrogen) atoms. The molecule has 0 spiro atoms. The molecule has 4 heterocycles. The first-order valence-electron chi connectivity index (χ1n) is 13.0. The van der Waals surface area contributed by atoms with Crippen LogP contribution in [0.25, 0.3) is 10.8 Å². The number of aromatic nitrogens is 3. The van der Waals surface area contributed by atoms with E-state index in [4.69, 9.17) is 0 Å². The van der Waals surface area contributed by atoms with Gasteiger partial charge in [0.05, 0.1) is 18.4 Å². The van der Waals surface area contributed by atoms with Gasteiger partial charge in [0.15, 0.2) is 0 Å². The van der Waals surface area contributed by atoms with Crippen LogP contribution in [0.4, 0.5) is 27.7 Å². The molecule has 2 aliphatic rings. The molecular weight excluding hydrogens is 507 g/mol. The van der Waals surface area contributed by atoms with Crippen molar-refractivity contribution in [3.63, 3.8) is 0 Å². The molecule has 2 aromatic heterocycles. The van der Waals surface area contributed by atoms with E-state index in [2.05, 4.69) is 32.1 Å². The normalized spacial score (nSPS) is 25.3. The quantitative estimate of drug-likeness (QED) is 0.463. The van der Waals surface area contributed by atoms with Gasteiger partial charge in [-0.05, 0) is 30.5 Å². The molecule has 0 radical (unpaired) electrons. The third-order valence-electron chi connectivity index (χ3n) is 7.88. The molecule has 0 unspecified atom stereocenters. The van der Waals surface area contributed by atoms with Crippen molar-refractivity contribution in [2.45, 2.75) is 46.0 Å². The molecule has 4 atom stereocenters. The standard InChI is InChI=1S/C27H35FN6O3S/c1-5-38(36,37)15-19-13-34(17(19)2)22-8-6-7-18-11-24(30-12-20(18)22)31-23-9-10-29-26(32-23)33-14-21(28)25(35)27(3,4)16-33/h6-12,17,19,21,25,35H,5,13-16H2,1-4H3,(H,29,30,31,32)/t17-,19-,21+,25+/m1/s1. The number of nitrogens with one attached hydrogen (secondary N) is 1. The smallest absolute Gasteiger partial charge is 0.227 e. The summed E-state index contributed by atoms with van der Waals surface area (Å²) >= 11 is 0. The fourth-order valence-corrected chi connectivity index (χ4v) is 6.69. The molecule has 2 aliphatic heterocycles. The molecule has 2 saturated heterocycles. The first kappa shape index (κ1) is 26.6. The number of fused-ring (bicyclic) bond motifs is 1. The fraction of sp³-hybridized carbons (Fsp3) is 0.519. The first-order valence-corrected chi connectivity index (χ1v) is 14.8. The zero-order valence-electron chi connectivity index (χ0n) is 22.2. The number of hydrogen-bond acceptors (Lipinski definition) is 9. The number of aliphatic hydroxyl groups excluding tert-OH is 1. The number of nitrogens with zero attached hydrogens (tertiary/aromatic N) is 5. The highest BCUT2D eigenvalue weighted by molar-refractivity contribution is 7.91. The molecule has 5 rings (SSSR count). The van der Waals surface area contributed by atoms with Crippen LogP contribution in [0.2, 0.25) is 0 Å². The third kappa shape index (κ3) is 5.13. The summed E-state index contributed by atoms with van der Waals surface area (Å²) in [6, 6.07) is 9.86. The molecule has 3 aromatic rings. The number of alkyl halides is 1. The summed E-state index contributed by atoms with van der Waals surface area (Å²) < 4.78 is 38.6. The second-order valence-electron chi connectivity index (χ2n) is 11.1. The lowest BCUT2D eigenvalue weighted by molar-refractivity contribution is -0.0257. The van der Waals surface area contributed by atoms with Gasteiger partial charge in [0.2, 0.25) is 5.95 Å². The Bertz CT molecular complexity index is 1440. The summed E-state index contributed by atoms with van der Waals surface area (Å²) in [4.78, 5) is 17.5. The summed E-state index contributed by atoms with van der Waals surface area (Å²) in [5.74, 6) is 2.06. The van der Waals surface area contributed by atoms with E-state index in [0.29, 0.717) is 30.7 Å². The van der Waals surface area contributed by atoms with Crippen LogP contribution < -0.4 is 15.1 Å². The monoisotopic (exact) mass is 542 g/mol. The maximum atomic E-state index is 14.5. The molecular formula is C27H35FN6O3S. The number of rotatable bonds is 7. The molecule has 2 N–H and O–H groups in total. The van der Waals surface area contributed by atoms with Gasteiger partial charge >= 0.3 is 0 Å². The Balaban J connectivity index is 1.32. The van der Waals surface area contributed by atoms with Crippen molar-refractivity contribution in [3.8, 4) is 0 Å². The van der Waals surface area contributed by atoms with Crippen molar-refractivity contribution in [2.24, 2.45) is 11.3 Å². The lowest BCUT2D eigenvalue weighted by atomic mass is 9.80. The number of aliphatic hydroxyl groups is 1. The maximum Gasteiger partial charge on any atom is 0.227 e. The highest BCUT2D eigenvalue weighted by atomic mass is 32.2. The number of pyridine rings is 1. The van der Waals surface area contributed by atoms with E-state index in [1.807, 2.05) is 44.3 Å².